The maximum Gasteiger partial charge on any atom is 0.299 e. The molecule has 1 amide bonds. The van der Waals surface area contributed by atoms with Gasteiger partial charge in [0.25, 0.3) is 11.4 Å². The number of carbonyl (C=O) groups excluding carboxylic acids is 1. The minimum Gasteiger partial charge on any atom is -0.318 e. The number of hydrogen-bond acceptors (Lipinski definition) is 2. The van der Waals surface area contributed by atoms with Crippen LogP contribution in [0.1, 0.15) is 40.5 Å². The largest absolute Gasteiger partial charge is 0.318 e. The Kier molecular flexibility index (Phi) is 3.61. The molecule has 1 heterocycles. The van der Waals surface area contributed by atoms with Crippen LogP contribution in [0.3, 0.4) is 0 Å². The average Bonchev–Trinajstić information content (AvgIpc) is 2.28. The molecule has 1 fully saturated rings. The van der Waals surface area contributed by atoms with Gasteiger partial charge in [-0.2, -0.15) is 0 Å². The SMILES string of the molecule is C#CCN1CC(C)(C)[N+](=O)C(CC)(CC)C1=O. The zero-order valence-corrected chi connectivity index (χ0v) is 11.1. The van der Waals surface area contributed by atoms with E-state index < -0.39 is 11.1 Å². The molecule has 0 radical (unpaired) electrons. The van der Waals surface area contributed by atoms with E-state index in [1.165, 1.54) is 0 Å². The lowest BCUT2D eigenvalue weighted by Gasteiger charge is -2.40. The summed E-state index contributed by atoms with van der Waals surface area (Å²) in [6.45, 7) is 8.13. The highest BCUT2D eigenvalue weighted by molar-refractivity contribution is 5.85. The van der Waals surface area contributed by atoms with Gasteiger partial charge in [-0.15, -0.1) is 6.42 Å². The van der Waals surface area contributed by atoms with Crippen LogP contribution in [-0.4, -0.2) is 39.7 Å². The van der Waals surface area contributed by atoms with Crippen LogP contribution in [-0.2, 0) is 4.79 Å². The van der Waals surface area contributed by atoms with Crippen LogP contribution >= 0.6 is 0 Å². The van der Waals surface area contributed by atoms with E-state index in [2.05, 4.69) is 5.92 Å². The number of nitroso groups, excluding NO2 is 1. The van der Waals surface area contributed by atoms with Crippen molar-refractivity contribution in [3.8, 4) is 12.3 Å². The molecule has 0 aromatic heterocycles. The van der Waals surface area contributed by atoms with Crippen molar-refractivity contribution in [1.82, 2.24) is 4.90 Å². The fraction of sp³-hybridized carbons (Fsp3) is 0.769. The predicted octanol–water partition coefficient (Wildman–Crippen LogP) is 1.58. The monoisotopic (exact) mass is 237 g/mol. The van der Waals surface area contributed by atoms with E-state index in [0.717, 1.165) is 4.76 Å². The van der Waals surface area contributed by atoms with E-state index in [9.17, 15) is 9.70 Å². The molecule has 4 nitrogen and oxygen atoms in total. The highest BCUT2D eigenvalue weighted by atomic mass is 16.3. The molecule has 0 spiro atoms. The summed E-state index contributed by atoms with van der Waals surface area (Å²) in [6, 6.07) is 0. The van der Waals surface area contributed by atoms with Gasteiger partial charge >= 0.3 is 0 Å². The number of carbonyl (C=O) groups is 1. The summed E-state index contributed by atoms with van der Waals surface area (Å²) in [5.41, 5.74) is -1.53. The van der Waals surface area contributed by atoms with Crippen molar-refractivity contribution in [3.05, 3.63) is 4.91 Å². The van der Waals surface area contributed by atoms with Crippen molar-refractivity contribution >= 4 is 5.91 Å². The van der Waals surface area contributed by atoms with Crippen LogP contribution in [0.15, 0.2) is 0 Å². The van der Waals surface area contributed by atoms with Crippen molar-refractivity contribution in [2.45, 2.75) is 51.6 Å². The molecule has 0 aromatic carbocycles. The Morgan fingerprint density at radius 2 is 1.94 bits per heavy atom. The van der Waals surface area contributed by atoms with Gasteiger partial charge in [-0.25, -0.2) is 0 Å². The second-order valence-corrected chi connectivity index (χ2v) is 5.21. The second-order valence-electron chi connectivity index (χ2n) is 5.21. The van der Waals surface area contributed by atoms with Crippen LogP contribution in [0.4, 0.5) is 0 Å². The molecule has 0 bridgehead atoms. The molecule has 0 unspecified atom stereocenters. The summed E-state index contributed by atoms with van der Waals surface area (Å²) < 4.78 is 0.981. The van der Waals surface area contributed by atoms with Crippen molar-refractivity contribution in [2.24, 2.45) is 0 Å². The third kappa shape index (κ3) is 1.95. The molecule has 0 aliphatic carbocycles. The minimum atomic E-state index is -0.946. The summed E-state index contributed by atoms with van der Waals surface area (Å²) in [5, 5.41) is 0. The van der Waals surface area contributed by atoms with Gasteiger partial charge < -0.3 is 4.90 Å². The molecule has 1 aliphatic rings. The quantitative estimate of drug-likeness (QED) is 0.552. The van der Waals surface area contributed by atoms with Gasteiger partial charge in [0.1, 0.15) is 0 Å². The lowest BCUT2D eigenvalue weighted by atomic mass is 9.83. The average molecular weight is 237 g/mol. The van der Waals surface area contributed by atoms with E-state index in [4.69, 9.17) is 6.42 Å². The lowest BCUT2D eigenvalue weighted by molar-refractivity contribution is -0.683. The number of piperazine rings is 1. The lowest BCUT2D eigenvalue weighted by Crippen LogP contribution is -2.68. The summed E-state index contributed by atoms with van der Waals surface area (Å²) in [4.78, 5) is 26.4. The third-order valence-corrected chi connectivity index (χ3v) is 3.65. The van der Waals surface area contributed by atoms with E-state index in [1.807, 2.05) is 27.7 Å². The fourth-order valence-electron chi connectivity index (χ4n) is 2.64. The Morgan fingerprint density at radius 1 is 1.41 bits per heavy atom. The summed E-state index contributed by atoms with van der Waals surface area (Å²) in [6.07, 6.45) is 6.30. The van der Waals surface area contributed by atoms with Gasteiger partial charge in [0.05, 0.1) is 13.1 Å². The Labute approximate surface area is 103 Å². The van der Waals surface area contributed by atoms with Crippen molar-refractivity contribution in [3.63, 3.8) is 0 Å². The maximum absolute atomic E-state index is 12.4. The van der Waals surface area contributed by atoms with Crippen LogP contribution in [0.25, 0.3) is 0 Å². The van der Waals surface area contributed by atoms with Crippen LogP contribution < -0.4 is 0 Å². The van der Waals surface area contributed by atoms with E-state index in [-0.39, 0.29) is 12.5 Å². The van der Waals surface area contributed by atoms with Crippen LogP contribution in [0.5, 0.6) is 0 Å². The number of terminal acetylenes is 1. The Morgan fingerprint density at radius 3 is 2.35 bits per heavy atom. The Balaban J connectivity index is 3.22. The van der Waals surface area contributed by atoms with E-state index >= 15 is 0 Å². The maximum atomic E-state index is 12.4. The summed E-state index contributed by atoms with van der Waals surface area (Å²) in [5.74, 6) is 2.36. The molecular weight excluding hydrogens is 216 g/mol. The van der Waals surface area contributed by atoms with Gasteiger partial charge in [0.2, 0.25) is 5.54 Å². The van der Waals surface area contributed by atoms with E-state index in [0.29, 0.717) is 19.4 Å². The molecule has 0 atom stereocenters. The Bertz CT molecular complexity index is 375. The molecule has 0 N–H and O–H groups in total. The van der Waals surface area contributed by atoms with Gasteiger partial charge in [0.15, 0.2) is 0 Å². The predicted molar refractivity (Wildman–Crippen MR) is 66.4 cm³/mol. The van der Waals surface area contributed by atoms with Gasteiger partial charge in [-0.05, 0) is 0 Å². The van der Waals surface area contributed by atoms with E-state index in [1.54, 1.807) is 4.90 Å². The molecule has 1 saturated heterocycles. The molecular formula is C13H21N2O2+. The number of rotatable bonds is 3. The van der Waals surface area contributed by atoms with Gasteiger partial charge in [-0.3, -0.25) is 4.79 Å². The highest BCUT2D eigenvalue weighted by Gasteiger charge is 2.62. The first-order valence-corrected chi connectivity index (χ1v) is 6.06. The summed E-state index contributed by atoms with van der Waals surface area (Å²) >= 11 is 0. The first-order valence-electron chi connectivity index (χ1n) is 6.06. The number of amides is 1. The standard InChI is InChI=1S/C13H21N2O2/c1-6-9-14-10-12(4,5)15(17)13(7-2,8-3)11(14)16/h1H,7-10H2,2-5H3/q+1. The molecule has 0 aromatic rings. The van der Waals surface area contributed by atoms with Gasteiger partial charge in [-0.1, -0.05) is 19.8 Å². The topological polar surface area (TPSA) is 40.4 Å². The van der Waals surface area contributed by atoms with Crippen molar-refractivity contribution in [1.29, 1.82) is 0 Å². The normalized spacial score (nSPS) is 22.4. The smallest absolute Gasteiger partial charge is 0.299 e. The highest BCUT2D eigenvalue weighted by Crippen LogP contribution is 2.33. The van der Waals surface area contributed by atoms with Crippen molar-refractivity contribution in [2.75, 3.05) is 13.1 Å². The molecule has 1 rings (SSSR count). The molecule has 0 saturated carbocycles. The van der Waals surface area contributed by atoms with Crippen LogP contribution in [0, 0.1) is 17.3 Å². The molecule has 17 heavy (non-hydrogen) atoms. The number of nitrogens with zero attached hydrogens (tertiary/aromatic N) is 2. The molecule has 1 aliphatic heterocycles. The second kappa shape index (κ2) is 4.48. The van der Waals surface area contributed by atoms with Crippen LogP contribution in [0.2, 0.25) is 0 Å². The van der Waals surface area contributed by atoms with Crippen molar-refractivity contribution < 1.29 is 9.55 Å². The first-order chi connectivity index (χ1) is 7.85. The zero-order valence-electron chi connectivity index (χ0n) is 11.1. The third-order valence-electron chi connectivity index (χ3n) is 3.65. The first kappa shape index (κ1) is 13.7. The zero-order chi connectivity index (χ0) is 13.3. The fourth-order valence-corrected chi connectivity index (χ4v) is 2.64. The van der Waals surface area contributed by atoms with Gasteiger partial charge in [0, 0.05) is 36.4 Å². The number of hydrogen-bond donors (Lipinski definition) is 0. The molecule has 94 valence electrons. The molecule has 4 heteroatoms. The summed E-state index contributed by atoms with van der Waals surface area (Å²) in [7, 11) is 0. The minimum absolute atomic E-state index is 0.130. The Hall–Kier alpha value is -1.37.